The van der Waals surface area contributed by atoms with E-state index in [4.69, 9.17) is 11.6 Å². The fraction of sp³-hybridized carbons (Fsp3) is 0.533. The van der Waals surface area contributed by atoms with Crippen LogP contribution >= 0.6 is 23.4 Å². The topological polar surface area (TPSA) is 56.7 Å². The van der Waals surface area contributed by atoms with Crippen molar-refractivity contribution in [2.24, 2.45) is 4.99 Å². The minimum atomic E-state index is -0.620. The predicted molar refractivity (Wildman–Crippen MR) is 91.2 cm³/mol. The van der Waals surface area contributed by atoms with Gasteiger partial charge in [-0.05, 0) is 30.7 Å². The smallest absolute Gasteiger partial charge is 0.191 e. The molecule has 1 saturated heterocycles. The second-order valence-corrected chi connectivity index (χ2v) is 6.68. The van der Waals surface area contributed by atoms with Gasteiger partial charge in [0.05, 0.1) is 12.1 Å². The Morgan fingerprint density at radius 1 is 1.43 bits per heavy atom. The summed E-state index contributed by atoms with van der Waals surface area (Å²) in [6.07, 6.45) is 0.828. The van der Waals surface area contributed by atoms with Crippen molar-refractivity contribution in [1.82, 2.24) is 10.6 Å². The van der Waals surface area contributed by atoms with Gasteiger partial charge in [-0.1, -0.05) is 29.8 Å². The van der Waals surface area contributed by atoms with Crippen LogP contribution in [0, 0.1) is 0 Å². The third-order valence-electron chi connectivity index (χ3n) is 3.38. The predicted octanol–water partition coefficient (Wildman–Crippen LogP) is 2.26. The SMILES string of the molecule is CCNC(=NCc1ccccc1Cl)NCC1(O)CCSC1. The zero-order chi connectivity index (χ0) is 15.1. The Kier molecular flexibility index (Phi) is 6.21. The summed E-state index contributed by atoms with van der Waals surface area (Å²) in [5.41, 5.74) is 0.372. The van der Waals surface area contributed by atoms with Crippen LogP contribution in [0.3, 0.4) is 0 Å². The Balaban J connectivity index is 1.94. The highest BCUT2D eigenvalue weighted by atomic mass is 35.5. The second kappa shape index (κ2) is 7.92. The van der Waals surface area contributed by atoms with E-state index >= 15 is 0 Å². The molecule has 2 rings (SSSR count). The highest BCUT2D eigenvalue weighted by Crippen LogP contribution is 2.26. The molecular weight excluding hydrogens is 306 g/mol. The Morgan fingerprint density at radius 3 is 2.90 bits per heavy atom. The first-order chi connectivity index (χ1) is 10.1. The van der Waals surface area contributed by atoms with Gasteiger partial charge < -0.3 is 15.7 Å². The molecule has 1 unspecified atom stereocenters. The van der Waals surface area contributed by atoms with Crippen LogP contribution in [0.1, 0.15) is 18.9 Å². The van der Waals surface area contributed by atoms with E-state index in [1.165, 1.54) is 0 Å². The molecule has 0 radical (unpaired) electrons. The van der Waals surface area contributed by atoms with E-state index in [-0.39, 0.29) is 0 Å². The number of nitrogens with one attached hydrogen (secondary N) is 2. The van der Waals surface area contributed by atoms with Gasteiger partial charge in [0.25, 0.3) is 0 Å². The standard InChI is InChI=1S/C15H22ClN3OS/c1-2-17-14(19-10-15(20)7-8-21-11-15)18-9-12-5-3-4-6-13(12)16/h3-6,20H,2,7-11H2,1H3,(H2,17,18,19). The van der Waals surface area contributed by atoms with Gasteiger partial charge in [0, 0.05) is 23.9 Å². The summed E-state index contributed by atoms with van der Waals surface area (Å²) in [5, 5.41) is 17.5. The zero-order valence-corrected chi connectivity index (χ0v) is 13.8. The average Bonchev–Trinajstić information content (AvgIpc) is 2.91. The van der Waals surface area contributed by atoms with Gasteiger partial charge in [-0.15, -0.1) is 0 Å². The molecule has 6 heteroatoms. The number of aliphatic hydroxyl groups is 1. The number of hydrogen-bond donors (Lipinski definition) is 3. The third kappa shape index (κ3) is 5.09. The van der Waals surface area contributed by atoms with Crippen molar-refractivity contribution in [3.8, 4) is 0 Å². The van der Waals surface area contributed by atoms with Crippen LogP contribution in [0.4, 0.5) is 0 Å². The fourth-order valence-electron chi connectivity index (χ4n) is 2.12. The Hall–Kier alpha value is -0.910. The summed E-state index contributed by atoms with van der Waals surface area (Å²) in [6.45, 7) is 3.84. The van der Waals surface area contributed by atoms with E-state index in [1.54, 1.807) is 11.8 Å². The molecule has 0 saturated carbocycles. The van der Waals surface area contributed by atoms with Gasteiger partial charge in [-0.3, -0.25) is 0 Å². The lowest BCUT2D eigenvalue weighted by atomic mass is 10.0. The Morgan fingerprint density at radius 2 is 2.24 bits per heavy atom. The van der Waals surface area contributed by atoms with Crippen molar-refractivity contribution in [1.29, 1.82) is 0 Å². The molecule has 1 fully saturated rings. The summed E-state index contributed by atoms with van der Waals surface area (Å²) in [6, 6.07) is 7.70. The summed E-state index contributed by atoms with van der Waals surface area (Å²) >= 11 is 7.93. The van der Waals surface area contributed by atoms with Crippen molar-refractivity contribution in [3.05, 3.63) is 34.9 Å². The molecule has 1 aliphatic rings. The minimum absolute atomic E-state index is 0.516. The Bertz CT molecular complexity index is 490. The van der Waals surface area contributed by atoms with Gasteiger partial charge in [-0.2, -0.15) is 11.8 Å². The van der Waals surface area contributed by atoms with Gasteiger partial charge >= 0.3 is 0 Å². The molecule has 4 nitrogen and oxygen atoms in total. The largest absolute Gasteiger partial charge is 0.387 e. The molecular formula is C15H22ClN3OS. The first-order valence-electron chi connectivity index (χ1n) is 7.19. The number of hydrogen-bond acceptors (Lipinski definition) is 3. The van der Waals surface area contributed by atoms with E-state index in [0.717, 1.165) is 35.1 Å². The lowest BCUT2D eigenvalue weighted by Gasteiger charge is -2.23. The van der Waals surface area contributed by atoms with Crippen LogP contribution in [0.5, 0.6) is 0 Å². The van der Waals surface area contributed by atoms with Crippen LogP contribution in [-0.2, 0) is 6.54 Å². The van der Waals surface area contributed by atoms with Crippen LogP contribution in [0.15, 0.2) is 29.3 Å². The monoisotopic (exact) mass is 327 g/mol. The van der Waals surface area contributed by atoms with E-state index in [2.05, 4.69) is 15.6 Å². The van der Waals surface area contributed by atoms with Crippen LogP contribution in [0.2, 0.25) is 5.02 Å². The molecule has 0 aliphatic carbocycles. The number of rotatable bonds is 5. The number of benzene rings is 1. The van der Waals surface area contributed by atoms with Crippen LogP contribution in [-0.4, -0.2) is 41.3 Å². The van der Waals surface area contributed by atoms with Crippen molar-refractivity contribution >= 4 is 29.3 Å². The second-order valence-electron chi connectivity index (χ2n) is 5.17. The zero-order valence-electron chi connectivity index (χ0n) is 12.2. The number of guanidine groups is 1. The van der Waals surface area contributed by atoms with E-state index in [9.17, 15) is 5.11 Å². The van der Waals surface area contributed by atoms with Crippen molar-refractivity contribution in [3.63, 3.8) is 0 Å². The van der Waals surface area contributed by atoms with Crippen molar-refractivity contribution < 1.29 is 5.11 Å². The molecule has 1 atom stereocenters. The maximum atomic E-state index is 10.4. The van der Waals surface area contributed by atoms with Crippen molar-refractivity contribution in [2.45, 2.75) is 25.5 Å². The van der Waals surface area contributed by atoms with E-state index < -0.39 is 5.60 Å². The highest BCUT2D eigenvalue weighted by Gasteiger charge is 2.31. The highest BCUT2D eigenvalue weighted by molar-refractivity contribution is 7.99. The summed E-state index contributed by atoms with van der Waals surface area (Å²) in [4.78, 5) is 4.53. The molecule has 0 bridgehead atoms. The van der Waals surface area contributed by atoms with E-state index in [1.807, 2.05) is 31.2 Å². The molecule has 1 aromatic carbocycles. The lowest BCUT2D eigenvalue weighted by Crippen LogP contribution is -2.47. The van der Waals surface area contributed by atoms with Gasteiger partial charge in [0.15, 0.2) is 5.96 Å². The Labute approximate surface area is 135 Å². The maximum absolute atomic E-state index is 10.4. The molecule has 0 amide bonds. The molecule has 1 aromatic rings. The molecule has 21 heavy (non-hydrogen) atoms. The van der Waals surface area contributed by atoms with Crippen molar-refractivity contribution in [2.75, 3.05) is 24.6 Å². The normalized spacial score (nSPS) is 22.3. The number of halogens is 1. The number of aliphatic imine (C=N–C) groups is 1. The summed E-state index contributed by atoms with van der Waals surface area (Å²) in [5.74, 6) is 2.51. The molecule has 116 valence electrons. The maximum Gasteiger partial charge on any atom is 0.191 e. The first kappa shape index (κ1) is 16.5. The first-order valence-corrected chi connectivity index (χ1v) is 8.72. The minimum Gasteiger partial charge on any atom is -0.387 e. The molecule has 3 N–H and O–H groups in total. The van der Waals surface area contributed by atoms with Gasteiger partial charge in [0.1, 0.15) is 0 Å². The third-order valence-corrected chi connectivity index (χ3v) is 4.98. The fourth-order valence-corrected chi connectivity index (χ4v) is 3.61. The van der Waals surface area contributed by atoms with Gasteiger partial charge in [-0.25, -0.2) is 4.99 Å². The quantitative estimate of drug-likeness (QED) is 0.573. The number of thioether (sulfide) groups is 1. The van der Waals surface area contributed by atoms with Crippen LogP contribution < -0.4 is 10.6 Å². The summed E-state index contributed by atoms with van der Waals surface area (Å²) in [7, 11) is 0. The molecule has 0 spiro atoms. The van der Waals surface area contributed by atoms with E-state index in [0.29, 0.717) is 19.0 Å². The average molecular weight is 328 g/mol. The summed E-state index contributed by atoms with van der Waals surface area (Å²) < 4.78 is 0. The molecule has 0 aromatic heterocycles. The number of nitrogens with zero attached hydrogens (tertiary/aromatic N) is 1. The van der Waals surface area contributed by atoms with Crippen LogP contribution in [0.25, 0.3) is 0 Å². The lowest BCUT2D eigenvalue weighted by molar-refractivity contribution is 0.0724. The van der Waals surface area contributed by atoms with Gasteiger partial charge in [0.2, 0.25) is 0 Å². The molecule has 1 heterocycles. The molecule has 1 aliphatic heterocycles.